The molecule has 0 aromatic carbocycles. The second kappa shape index (κ2) is 41.6. The molecular weight excluding hydrogens is 1110 g/mol. The molecule has 0 bridgehead atoms. The van der Waals surface area contributed by atoms with Crippen molar-refractivity contribution in [2.45, 2.75) is 205 Å². The van der Waals surface area contributed by atoms with E-state index < -0.39 is 6.63 Å². The van der Waals surface area contributed by atoms with Crippen molar-refractivity contribution in [2.75, 3.05) is 0 Å². The molecule has 4 aliphatic heterocycles. The molecule has 0 nitrogen and oxygen atoms in total. The Morgan fingerprint density at radius 2 is 1.00 bits per heavy atom. The highest BCUT2D eigenvalue weighted by Gasteiger charge is 2.41. The van der Waals surface area contributed by atoms with E-state index >= 15 is 0 Å². The van der Waals surface area contributed by atoms with Gasteiger partial charge in [0.2, 0.25) is 0 Å². The first-order chi connectivity index (χ1) is 23.2. The summed E-state index contributed by atoms with van der Waals surface area (Å²) in [6.07, 6.45) is 0. The Kier molecular flexibility index (Phi) is 57.8. The fourth-order valence-electron chi connectivity index (χ4n) is 10.7. The van der Waals surface area contributed by atoms with Gasteiger partial charge in [-0.05, 0) is 17.1 Å². The van der Waals surface area contributed by atoms with E-state index in [-0.39, 0.29) is 131 Å². The van der Waals surface area contributed by atoms with E-state index in [1.165, 1.54) is 31.7 Å². The molecule has 16 atom stereocenters. The summed E-state index contributed by atoms with van der Waals surface area (Å²) in [5.41, 5.74) is 6.48. The Bertz CT molecular complexity index is 916. The molecule has 0 N–H and O–H groups in total. The van der Waals surface area contributed by atoms with Gasteiger partial charge < -0.3 is 0 Å². The first-order valence-electron chi connectivity index (χ1n) is 23.2. The molecule has 4 fully saturated rings. The minimum Gasteiger partial charge on any atom is -0.0776 e. The smallest absolute Gasteiger partial charge is 0.0222 e. The highest BCUT2D eigenvalue weighted by atomic mass is 30.0. The van der Waals surface area contributed by atoms with E-state index in [0.29, 0.717) is 90.4 Å². The molecule has 4 saturated heterocycles. The van der Waals surface area contributed by atoms with Crippen LogP contribution in [-0.2, 0) is 0 Å². The molecule has 16 unspecified atom stereocenters. The van der Waals surface area contributed by atoms with Crippen molar-refractivity contribution < 1.29 is 0 Å². The minimum atomic E-state index is -0.421. The fraction of sp³-hybridized carbons (Fsp3) is 1.00. The van der Waals surface area contributed by atoms with Crippen molar-refractivity contribution in [3.8, 4) is 0 Å². The van der Waals surface area contributed by atoms with E-state index in [9.17, 15) is 0 Å². The van der Waals surface area contributed by atoms with Gasteiger partial charge in [0.15, 0.2) is 0 Å². The largest absolute Gasteiger partial charge is 0.0776 e. The Morgan fingerprint density at radius 3 is 1.50 bits per heavy atom. The molecular formula is C32H132Si26. The van der Waals surface area contributed by atoms with E-state index in [2.05, 4.69) is 78.6 Å². The highest BCUT2D eigenvalue weighted by Crippen LogP contribution is 2.29. The lowest BCUT2D eigenvalue weighted by molar-refractivity contribution is 0.998. The predicted molar refractivity (Wildman–Crippen MR) is 389 cm³/mol. The first-order valence-corrected chi connectivity index (χ1v) is 96.0. The molecule has 0 aromatic rings. The number of hydrogen-bond acceptors (Lipinski definition) is 0. The van der Waals surface area contributed by atoms with E-state index in [1.54, 1.807) is 61.5 Å². The Balaban J connectivity index is -0.0000000922. The summed E-state index contributed by atoms with van der Waals surface area (Å²) < 4.78 is 0. The summed E-state index contributed by atoms with van der Waals surface area (Å²) in [7, 11) is 14.7. The van der Waals surface area contributed by atoms with E-state index in [0.717, 1.165) is 0 Å². The molecule has 4 heterocycles. The zero-order chi connectivity index (χ0) is 38.4. The molecule has 4 aliphatic rings. The quantitative estimate of drug-likeness (QED) is 0.243. The molecule has 0 saturated carbocycles. The fourth-order valence-corrected chi connectivity index (χ4v) is 381. The van der Waals surface area contributed by atoms with Crippen LogP contribution in [0.15, 0.2) is 0 Å². The molecule has 0 amide bonds. The van der Waals surface area contributed by atoms with Crippen LogP contribution in [0.5, 0.6) is 0 Å². The lowest BCUT2D eigenvalue weighted by Crippen LogP contribution is -2.67. The van der Waals surface area contributed by atoms with Crippen molar-refractivity contribution in [3.63, 3.8) is 0 Å². The van der Waals surface area contributed by atoms with Crippen molar-refractivity contribution in [1.29, 1.82) is 0 Å². The maximum atomic E-state index is 2.93. The summed E-state index contributed by atoms with van der Waals surface area (Å²) in [6.45, 7) is 32.6. The maximum Gasteiger partial charge on any atom is 0.0222 e. The highest BCUT2D eigenvalue weighted by molar-refractivity contribution is 7.86. The van der Waals surface area contributed by atoms with Crippen LogP contribution in [-0.4, -0.2) is 230 Å². The number of rotatable bonds is 2. The second-order valence-electron chi connectivity index (χ2n) is 21.4. The lowest BCUT2D eigenvalue weighted by Gasteiger charge is -2.41. The molecule has 0 radical (unpaired) electrons. The van der Waals surface area contributed by atoms with Crippen LogP contribution < -0.4 is 0 Å². The summed E-state index contributed by atoms with van der Waals surface area (Å²) in [6, 6.07) is 7.34. The second-order valence-corrected chi connectivity index (χ2v) is 194. The third-order valence-electron chi connectivity index (χ3n) is 17.7. The first kappa shape index (κ1) is 80.7. The monoisotopic (exact) mass is 1240 g/mol. The van der Waals surface area contributed by atoms with Gasteiger partial charge >= 0.3 is 0 Å². The minimum absolute atomic E-state index is 0. The van der Waals surface area contributed by atoms with Crippen LogP contribution >= 0.6 is 0 Å². The van der Waals surface area contributed by atoms with Gasteiger partial charge in [-0.2, -0.15) is 0 Å². The topological polar surface area (TPSA) is 0 Å². The molecule has 0 aliphatic carbocycles. The molecule has 0 spiro atoms. The Morgan fingerprint density at radius 1 is 0.534 bits per heavy atom. The number of hydrogen-bond donors (Lipinski definition) is 0. The van der Waals surface area contributed by atoms with Gasteiger partial charge in [0.1, 0.15) is 0 Å². The van der Waals surface area contributed by atoms with Crippen molar-refractivity contribution >= 4 is 230 Å². The lowest BCUT2D eigenvalue weighted by atomic mass is 10.5. The zero-order valence-electron chi connectivity index (χ0n) is 38.4. The van der Waals surface area contributed by atoms with Crippen LogP contribution in [0.3, 0.4) is 0 Å². The molecule has 26 heteroatoms. The molecule has 4 rings (SSSR count). The van der Waals surface area contributed by atoms with Gasteiger partial charge in [-0.1, -0.05) is 205 Å². The van der Waals surface area contributed by atoms with Crippen molar-refractivity contribution in [2.24, 2.45) is 0 Å². The average Bonchev–Trinajstić information content (AvgIpc) is 3.30. The van der Waals surface area contributed by atoms with E-state index in [4.69, 9.17) is 0 Å². The Labute approximate surface area is 429 Å². The predicted octanol–water partition coefficient (Wildman–Crippen LogP) is -5.33. The third-order valence-corrected chi connectivity index (χ3v) is 308. The summed E-state index contributed by atoms with van der Waals surface area (Å²) in [5.74, 6) is 0. The average molecular weight is 1250 g/mol. The SMILES string of the molecule is C.C.C.C.C.C.C.C.C[SiH2][Si]1(C)[SiH2]C[SiH2]C([SiH3])C[SiH]1C.C[SiH2][Si]1(C)[SiH](C)CC([SiH3])C([SiH3])[SiH2][SiH2][SiH]1C.C[SiH]1CC([SiH3])C([SiH3])[SiH2][SiH2][SiH](C)[SiH]1C.C[SiH]1CC([SiH3])[SiH2]C[SiH2][SiH]1C. The van der Waals surface area contributed by atoms with Crippen LogP contribution in [0.4, 0.5) is 0 Å². The maximum absolute atomic E-state index is 2.93. The van der Waals surface area contributed by atoms with Crippen molar-refractivity contribution in [1.82, 2.24) is 0 Å². The normalized spacial score (nSPS) is 43.9. The Hall–Kier alpha value is 5.64. The third kappa shape index (κ3) is 28.8. The van der Waals surface area contributed by atoms with E-state index in [1.807, 2.05) is 35.5 Å². The molecule has 58 heavy (non-hydrogen) atoms. The van der Waals surface area contributed by atoms with Crippen LogP contribution in [0.1, 0.15) is 59.4 Å². The van der Waals surface area contributed by atoms with Crippen LogP contribution in [0.25, 0.3) is 0 Å². The molecule has 364 valence electrons. The molecule has 0 aromatic heterocycles. The van der Waals surface area contributed by atoms with Crippen LogP contribution in [0, 0.1) is 0 Å². The van der Waals surface area contributed by atoms with Crippen molar-refractivity contribution in [3.05, 3.63) is 0 Å². The van der Waals surface area contributed by atoms with Gasteiger partial charge in [0.05, 0.1) is 0 Å². The summed E-state index contributed by atoms with van der Waals surface area (Å²) in [4.78, 5) is 0. The van der Waals surface area contributed by atoms with Gasteiger partial charge in [-0.25, -0.2) is 0 Å². The van der Waals surface area contributed by atoms with Gasteiger partial charge in [-0.3, -0.25) is 0 Å². The standard InChI is InChI=1S/C7H30Si8.C6H26Si7.C6H24Si6.C5H20Si5.8CH4/c1-10-15(4)13(2)5-6(8)7(9)11-12-14(15)3;1-11-4-5(7)6(8)9-10-12(2)13(11)3;1-8-12(3)10-5-9-6(7)4-11(12)2;1-9-3-5(6)7-4-8-10(9)2;;;;;;;;/h6-7,13-14H,5,10-12H2,1-4,8-9H3;5-6,11-13H,4,9-10H2,1-3,7-8H3;6,11H,4-5,8-10H2,1-3,7H3;5,9-10H,3-4,7-8H2,1-2,6H3;8*1H4. The van der Waals surface area contributed by atoms with Gasteiger partial charge in [0.25, 0.3) is 0 Å². The van der Waals surface area contributed by atoms with Crippen LogP contribution in [0.2, 0.25) is 146 Å². The van der Waals surface area contributed by atoms with Gasteiger partial charge in [0, 0.05) is 213 Å². The zero-order valence-corrected chi connectivity index (χ0v) is 75.8. The van der Waals surface area contributed by atoms with Gasteiger partial charge in [-0.15, -0.1) is 0 Å². The summed E-state index contributed by atoms with van der Waals surface area (Å²) >= 11 is 0. The summed E-state index contributed by atoms with van der Waals surface area (Å²) in [5, 5.41) is 5.66.